The van der Waals surface area contributed by atoms with Crippen molar-refractivity contribution in [2.45, 2.75) is 45.2 Å². The van der Waals surface area contributed by atoms with Gasteiger partial charge in [-0.1, -0.05) is 29.8 Å². The lowest BCUT2D eigenvalue weighted by atomic mass is 9.99. The number of hydrogen-bond acceptors (Lipinski definition) is 3. The van der Waals surface area contributed by atoms with Crippen LogP contribution in [0, 0.1) is 0 Å². The molecule has 0 aromatic heterocycles. The van der Waals surface area contributed by atoms with E-state index in [1.807, 2.05) is 12.1 Å². The quantitative estimate of drug-likeness (QED) is 0.858. The zero-order valence-electron chi connectivity index (χ0n) is 12.4. The monoisotopic (exact) mass is 340 g/mol. The highest BCUT2D eigenvalue weighted by atomic mass is 79.9. The molecule has 0 spiro atoms. The molecule has 1 aromatic rings. The van der Waals surface area contributed by atoms with Gasteiger partial charge in [0.1, 0.15) is 5.75 Å². The highest BCUT2D eigenvalue weighted by Crippen LogP contribution is 2.30. The maximum atomic E-state index is 10.1. The first kappa shape index (κ1) is 15.8. The summed E-state index contributed by atoms with van der Waals surface area (Å²) in [6.07, 6.45) is 3.46. The second-order valence-electron chi connectivity index (χ2n) is 5.56. The van der Waals surface area contributed by atoms with Gasteiger partial charge in [-0.3, -0.25) is 0 Å². The fourth-order valence-corrected chi connectivity index (χ4v) is 3.37. The molecule has 1 aliphatic rings. The van der Waals surface area contributed by atoms with E-state index in [-0.39, 0.29) is 6.04 Å². The lowest BCUT2D eigenvalue weighted by Gasteiger charge is -2.35. The lowest BCUT2D eigenvalue weighted by Crippen LogP contribution is -2.46. The molecule has 4 heteroatoms. The summed E-state index contributed by atoms with van der Waals surface area (Å²) >= 11 is 3.49. The molecule has 112 valence electrons. The minimum Gasteiger partial charge on any atom is -0.508 e. The molecule has 0 saturated carbocycles. The van der Waals surface area contributed by atoms with Crippen LogP contribution in [0.15, 0.2) is 22.7 Å². The topological polar surface area (TPSA) is 35.5 Å². The van der Waals surface area contributed by atoms with Gasteiger partial charge in [0.05, 0.1) is 0 Å². The van der Waals surface area contributed by atoms with Crippen molar-refractivity contribution in [2.24, 2.45) is 0 Å². The molecule has 2 rings (SSSR count). The number of benzene rings is 1. The van der Waals surface area contributed by atoms with E-state index >= 15 is 0 Å². The van der Waals surface area contributed by atoms with Crippen molar-refractivity contribution in [1.82, 2.24) is 10.2 Å². The number of phenolic OH excluding ortho intramolecular Hbond substituents is 1. The minimum atomic E-state index is 0.217. The molecule has 1 heterocycles. The smallest absolute Gasteiger partial charge is 0.120 e. The Bertz CT molecular complexity index is 438. The van der Waals surface area contributed by atoms with Crippen molar-refractivity contribution in [3.05, 3.63) is 28.2 Å². The molecule has 1 aromatic carbocycles. The highest BCUT2D eigenvalue weighted by molar-refractivity contribution is 9.10. The molecular formula is C16H25BrN2O. The van der Waals surface area contributed by atoms with Crippen LogP contribution in [0.3, 0.4) is 0 Å². The number of hydrogen-bond donors (Lipinski definition) is 2. The zero-order valence-corrected chi connectivity index (χ0v) is 14.0. The third-order valence-corrected chi connectivity index (χ3v) is 4.66. The van der Waals surface area contributed by atoms with Gasteiger partial charge in [0.2, 0.25) is 0 Å². The molecule has 1 fully saturated rings. The van der Waals surface area contributed by atoms with Crippen molar-refractivity contribution in [1.29, 1.82) is 0 Å². The summed E-state index contributed by atoms with van der Waals surface area (Å²) in [4.78, 5) is 2.49. The second-order valence-corrected chi connectivity index (χ2v) is 6.48. The van der Waals surface area contributed by atoms with Crippen LogP contribution in [0.1, 0.15) is 44.7 Å². The summed E-state index contributed by atoms with van der Waals surface area (Å²) in [5, 5.41) is 13.8. The Hall–Kier alpha value is -0.580. The number of nitrogens with one attached hydrogen (secondary N) is 1. The van der Waals surface area contributed by atoms with Crippen LogP contribution in [0.4, 0.5) is 0 Å². The van der Waals surface area contributed by atoms with Crippen LogP contribution >= 0.6 is 15.9 Å². The molecule has 0 aliphatic carbocycles. The van der Waals surface area contributed by atoms with Gasteiger partial charge < -0.3 is 15.3 Å². The van der Waals surface area contributed by atoms with Crippen LogP contribution < -0.4 is 5.32 Å². The maximum absolute atomic E-state index is 10.1. The normalized spacial score (nSPS) is 21.9. The number of likely N-dealkylation sites (N-methyl/N-ethyl adjacent to an activating group) is 1. The van der Waals surface area contributed by atoms with E-state index in [1.54, 1.807) is 6.07 Å². The van der Waals surface area contributed by atoms with Crippen LogP contribution in [0.25, 0.3) is 0 Å². The van der Waals surface area contributed by atoms with E-state index < -0.39 is 0 Å². The fraction of sp³-hybridized carbons (Fsp3) is 0.625. The number of aromatic hydroxyl groups is 1. The molecule has 0 radical (unpaired) electrons. The average molecular weight is 341 g/mol. The summed E-state index contributed by atoms with van der Waals surface area (Å²) in [7, 11) is 0. The lowest BCUT2D eigenvalue weighted by molar-refractivity contribution is 0.189. The van der Waals surface area contributed by atoms with Gasteiger partial charge in [0, 0.05) is 28.7 Å². The average Bonchev–Trinajstić information content (AvgIpc) is 2.47. The molecule has 3 nitrogen and oxygen atoms in total. The maximum Gasteiger partial charge on any atom is 0.120 e. The summed E-state index contributed by atoms with van der Waals surface area (Å²) in [6, 6.07) is 6.41. The summed E-state index contributed by atoms with van der Waals surface area (Å²) in [5.74, 6) is 0.385. The number of phenols is 1. The Morgan fingerprint density at radius 3 is 2.95 bits per heavy atom. The van der Waals surface area contributed by atoms with Crippen molar-refractivity contribution in [2.75, 3.05) is 19.6 Å². The molecule has 2 unspecified atom stereocenters. The van der Waals surface area contributed by atoms with Gasteiger partial charge in [-0.25, -0.2) is 0 Å². The molecule has 0 bridgehead atoms. The molecule has 1 aliphatic heterocycles. The third-order valence-electron chi connectivity index (χ3n) is 4.16. The van der Waals surface area contributed by atoms with Crippen LogP contribution in [-0.4, -0.2) is 35.7 Å². The Labute approximate surface area is 130 Å². The van der Waals surface area contributed by atoms with Gasteiger partial charge >= 0.3 is 0 Å². The fourth-order valence-electron chi connectivity index (χ4n) is 3.00. The zero-order chi connectivity index (χ0) is 14.5. The Morgan fingerprint density at radius 1 is 1.45 bits per heavy atom. The van der Waals surface area contributed by atoms with E-state index in [4.69, 9.17) is 0 Å². The number of halogens is 1. The first-order chi connectivity index (χ1) is 9.63. The number of likely N-dealkylation sites (tertiary alicyclic amines) is 1. The van der Waals surface area contributed by atoms with E-state index in [9.17, 15) is 5.11 Å². The summed E-state index contributed by atoms with van der Waals surface area (Å²) in [5.41, 5.74) is 0.996. The second kappa shape index (κ2) is 7.43. The number of piperidine rings is 1. The van der Waals surface area contributed by atoms with Crippen molar-refractivity contribution < 1.29 is 5.11 Å². The van der Waals surface area contributed by atoms with Gasteiger partial charge in [-0.2, -0.15) is 0 Å². The van der Waals surface area contributed by atoms with Crippen LogP contribution in [0.2, 0.25) is 0 Å². The molecule has 2 N–H and O–H groups in total. The number of rotatable bonds is 5. The van der Waals surface area contributed by atoms with E-state index in [1.165, 1.54) is 19.4 Å². The highest BCUT2D eigenvalue weighted by Gasteiger charge is 2.22. The predicted molar refractivity (Wildman–Crippen MR) is 87.1 cm³/mol. The Kier molecular flexibility index (Phi) is 5.87. The standard InChI is InChI=1S/C16H25BrN2O/c1-3-15(14-10-12(17)7-8-16(14)20)18-13-6-5-9-19(4-2)11-13/h7-8,10,13,15,18,20H,3-6,9,11H2,1-2H3. The molecule has 1 saturated heterocycles. The Morgan fingerprint density at radius 2 is 2.25 bits per heavy atom. The van der Waals surface area contributed by atoms with Crippen LogP contribution in [0.5, 0.6) is 5.75 Å². The molecule has 2 atom stereocenters. The molecule has 20 heavy (non-hydrogen) atoms. The van der Waals surface area contributed by atoms with Crippen molar-refractivity contribution in [3.8, 4) is 5.75 Å². The van der Waals surface area contributed by atoms with Crippen LogP contribution in [-0.2, 0) is 0 Å². The van der Waals surface area contributed by atoms with Crippen molar-refractivity contribution >= 4 is 15.9 Å². The van der Waals surface area contributed by atoms with E-state index in [0.29, 0.717) is 11.8 Å². The van der Waals surface area contributed by atoms with Gasteiger partial charge in [0.25, 0.3) is 0 Å². The molecule has 0 amide bonds. The van der Waals surface area contributed by atoms with Gasteiger partial charge in [-0.15, -0.1) is 0 Å². The minimum absolute atomic E-state index is 0.217. The first-order valence-electron chi connectivity index (χ1n) is 7.60. The first-order valence-corrected chi connectivity index (χ1v) is 8.40. The van der Waals surface area contributed by atoms with Gasteiger partial charge in [0.15, 0.2) is 0 Å². The van der Waals surface area contributed by atoms with Gasteiger partial charge in [-0.05, 0) is 50.6 Å². The van der Waals surface area contributed by atoms with Crippen molar-refractivity contribution in [3.63, 3.8) is 0 Å². The van der Waals surface area contributed by atoms with E-state index in [2.05, 4.69) is 40.0 Å². The number of nitrogens with zero attached hydrogens (tertiary/aromatic N) is 1. The predicted octanol–water partition coefficient (Wildman–Crippen LogP) is 3.68. The largest absolute Gasteiger partial charge is 0.508 e. The third kappa shape index (κ3) is 3.96. The SMILES string of the molecule is CCC(NC1CCCN(CC)C1)c1cc(Br)ccc1O. The molecular weight excluding hydrogens is 316 g/mol. The Balaban J connectivity index is 2.06. The summed E-state index contributed by atoms with van der Waals surface area (Å²) < 4.78 is 1.02. The summed E-state index contributed by atoms with van der Waals surface area (Å²) in [6.45, 7) is 7.84. The van der Waals surface area contributed by atoms with E-state index in [0.717, 1.165) is 29.5 Å².